The molecule has 0 saturated carbocycles. The van der Waals surface area contributed by atoms with Gasteiger partial charge in [-0.1, -0.05) is 27.7 Å². The molecular formula is C19H33N5O3. The number of hydroxylamine groups is 2. The molecular weight excluding hydrogens is 346 g/mol. The molecule has 0 unspecified atom stereocenters. The number of imidazole rings is 1. The smallest absolute Gasteiger partial charge is 0.323 e. The van der Waals surface area contributed by atoms with Crippen LogP contribution in [0.3, 0.4) is 0 Å². The molecule has 0 aliphatic heterocycles. The quantitative estimate of drug-likeness (QED) is 0.621. The van der Waals surface area contributed by atoms with Gasteiger partial charge in [-0.2, -0.15) is 5.06 Å². The summed E-state index contributed by atoms with van der Waals surface area (Å²) >= 11 is 0. The minimum atomic E-state index is -0.381. The van der Waals surface area contributed by atoms with E-state index < -0.39 is 0 Å². The van der Waals surface area contributed by atoms with Gasteiger partial charge in [0.05, 0.1) is 0 Å². The van der Waals surface area contributed by atoms with Crippen LogP contribution < -0.4 is 11.2 Å². The molecule has 8 nitrogen and oxygen atoms in total. The second kappa shape index (κ2) is 8.84. The summed E-state index contributed by atoms with van der Waals surface area (Å²) in [5, 5.41) is 2.00. The van der Waals surface area contributed by atoms with E-state index in [4.69, 9.17) is 4.84 Å². The van der Waals surface area contributed by atoms with Crippen molar-refractivity contribution in [2.75, 3.05) is 13.1 Å². The van der Waals surface area contributed by atoms with Gasteiger partial charge in [0.25, 0.3) is 5.56 Å². The van der Waals surface area contributed by atoms with E-state index in [0.29, 0.717) is 28.8 Å². The fourth-order valence-electron chi connectivity index (χ4n) is 2.89. The van der Waals surface area contributed by atoms with Gasteiger partial charge in [0, 0.05) is 34.2 Å². The van der Waals surface area contributed by atoms with Crippen LogP contribution in [0.5, 0.6) is 0 Å². The number of fused-ring (bicyclic) bond motifs is 1. The van der Waals surface area contributed by atoms with Crippen LogP contribution in [-0.4, -0.2) is 36.8 Å². The Morgan fingerprint density at radius 2 is 1.48 bits per heavy atom. The van der Waals surface area contributed by atoms with Crippen LogP contribution in [0.25, 0.3) is 11.2 Å². The van der Waals surface area contributed by atoms with Gasteiger partial charge in [0.15, 0.2) is 11.2 Å². The molecule has 0 spiro atoms. The van der Waals surface area contributed by atoms with Crippen LogP contribution in [0.15, 0.2) is 9.59 Å². The molecule has 2 rings (SSSR count). The van der Waals surface area contributed by atoms with Gasteiger partial charge in [0.2, 0.25) is 0 Å². The van der Waals surface area contributed by atoms with Crippen LogP contribution in [0.4, 0.5) is 0 Å². The second-order valence-electron chi connectivity index (χ2n) is 8.03. The number of hydrogen-bond acceptors (Lipinski definition) is 5. The van der Waals surface area contributed by atoms with E-state index in [9.17, 15) is 9.59 Å². The molecule has 0 saturated heterocycles. The minimum absolute atomic E-state index is 0.263. The van der Waals surface area contributed by atoms with E-state index in [2.05, 4.69) is 32.7 Å². The highest BCUT2D eigenvalue weighted by atomic mass is 16.7. The Bertz CT molecular complexity index is 879. The Hall–Kier alpha value is -1.93. The molecule has 0 fully saturated rings. The fourth-order valence-corrected chi connectivity index (χ4v) is 2.89. The molecule has 0 aliphatic carbocycles. The zero-order valence-electron chi connectivity index (χ0n) is 17.7. The number of aromatic nitrogens is 4. The molecule has 2 aromatic rings. The number of rotatable bonds is 9. The zero-order chi connectivity index (χ0) is 20.3. The monoisotopic (exact) mass is 379 g/mol. The third-order valence-corrected chi connectivity index (χ3v) is 4.86. The summed E-state index contributed by atoms with van der Waals surface area (Å²) in [6, 6.07) is 0. The average Bonchev–Trinajstić information content (AvgIpc) is 2.93. The lowest BCUT2D eigenvalue weighted by Gasteiger charge is -2.23. The molecule has 152 valence electrons. The molecule has 0 radical (unpaired) electrons. The molecule has 27 heavy (non-hydrogen) atoms. The van der Waals surface area contributed by atoms with Gasteiger partial charge < -0.3 is 4.57 Å². The highest BCUT2D eigenvalue weighted by molar-refractivity contribution is 5.70. The molecule has 8 heteroatoms. The first kappa shape index (κ1) is 21.4. The Labute approximate surface area is 160 Å². The number of nitrogens with zero attached hydrogens (tertiary/aromatic N) is 5. The van der Waals surface area contributed by atoms with Crippen molar-refractivity contribution >= 4 is 11.2 Å². The van der Waals surface area contributed by atoms with E-state index in [0.717, 1.165) is 30.5 Å². The lowest BCUT2D eigenvalue weighted by atomic mass is 10.1. The summed E-state index contributed by atoms with van der Waals surface area (Å²) in [6.07, 6.45) is 2.10. The largest absolute Gasteiger partial charge is 0.332 e. The molecule has 0 aromatic carbocycles. The molecule has 0 aliphatic rings. The van der Waals surface area contributed by atoms with Crippen LogP contribution >= 0.6 is 0 Å². The summed E-state index contributed by atoms with van der Waals surface area (Å²) < 4.78 is 4.22. The first-order valence-corrected chi connectivity index (χ1v) is 9.62. The van der Waals surface area contributed by atoms with Crippen LogP contribution in [0, 0.1) is 11.8 Å². The highest BCUT2D eigenvalue weighted by Gasteiger charge is 2.18. The highest BCUT2D eigenvalue weighted by Crippen LogP contribution is 2.12. The van der Waals surface area contributed by atoms with Crippen LogP contribution in [0.2, 0.25) is 0 Å². The van der Waals surface area contributed by atoms with Gasteiger partial charge in [-0.15, -0.1) is 0 Å². The molecule has 2 aromatic heterocycles. The summed E-state index contributed by atoms with van der Waals surface area (Å²) in [6.45, 7) is 10.8. The molecule has 0 amide bonds. The number of hydrogen-bond donors (Lipinski definition) is 0. The van der Waals surface area contributed by atoms with Crippen molar-refractivity contribution in [3.63, 3.8) is 0 Å². The van der Waals surface area contributed by atoms with Crippen molar-refractivity contribution in [1.82, 2.24) is 23.7 Å². The van der Waals surface area contributed by atoms with Crippen LogP contribution in [0.1, 0.15) is 46.4 Å². The first-order valence-electron chi connectivity index (χ1n) is 9.62. The fraction of sp³-hybridized carbons (Fsp3) is 0.737. The Kier molecular flexibility index (Phi) is 7.00. The minimum Gasteiger partial charge on any atom is -0.323 e. The lowest BCUT2D eigenvalue weighted by molar-refractivity contribution is -0.175. The van der Waals surface area contributed by atoms with Gasteiger partial charge >= 0.3 is 5.69 Å². The van der Waals surface area contributed by atoms with E-state index in [1.807, 2.05) is 5.06 Å². The Balaban J connectivity index is 2.24. The third kappa shape index (κ3) is 4.87. The van der Waals surface area contributed by atoms with E-state index in [1.54, 1.807) is 18.7 Å². The molecule has 0 atom stereocenters. The lowest BCUT2D eigenvalue weighted by Crippen LogP contribution is -2.37. The third-order valence-electron chi connectivity index (χ3n) is 4.86. The first-order chi connectivity index (χ1) is 12.6. The van der Waals surface area contributed by atoms with Crippen molar-refractivity contribution in [2.24, 2.45) is 33.0 Å². The van der Waals surface area contributed by atoms with Gasteiger partial charge in [0.1, 0.15) is 12.4 Å². The maximum absolute atomic E-state index is 12.5. The summed E-state index contributed by atoms with van der Waals surface area (Å²) in [5.41, 5.74) is 0.0774. The molecule has 0 N–H and O–H groups in total. The van der Waals surface area contributed by atoms with Gasteiger partial charge in [-0.05, 0) is 24.7 Å². The maximum Gasteiger partial charge on any atom is 0.332 e. The van der Waals surface area contributed by atoms with Crippen molar-refractivity contribution in [2.45, 2.75) is 47.1 Å². The van der Waals surface area contributed by atoms with Crippen molar-refractivity contribution in [3.8, 4) is 0 Å². The zero-order valence-corrected chi connectivity index (χ0v) is 17.7. The van der Waals surface area contributed by atoms with E-state index in [1.165, 1.54) is 11.6 Å². The standard InChI is InChI=1S/C19H33N5O3/c1-13(2)8-10-24(11-9-14(3)4)27-12-15-20-17-16(21(15)5)18(25)23(7)19(26)22(17)6/h13-14H,8-12H2,1-7H3. The average molecular weight is 380 g/mol. The normalized spacial score (nSPS) is 12.2. The van der Waals surface area contributed by atoms with Crippen molar-refractivity contribution < 1.29 is 4.84 Å². The van der Waals surface area contributed by atoms with Crippen molar-refractivity contribution in [1.29, 1.82) is 0 Å². The van der Waals surface area contributed by atoms with Crippen molar-refractivity contribution in [3.05, 3.63) is 26.7 Å². The van der Waals surface area contributed by atoms with Gasteiger partial charge in [-0.3, -0.25) is 18.8 Å². The summed E-state index contributed by atoms with van der Waals surface area (Å²) in [7, 11) is 4.89. The van der Waals surface area contributed by atoms with E-state index >= 15 is 0 Å². The summed E-state index contributed by atoms with van der Waals surface area (Å²) in [4.78, 5) is 35.1. The maximum atomic E-state index is 12.5. The second-order valence-corrected chi connectivity index (χ2v) is 8.03. The molecule has 0 bridgehead atoms. The van der Waals surface area contributed by atoms with Crippen LogP contribution in [-0.2, 0) is 32.6 Å². The predicted molar refractivity (Wildman–Crippen MR) is 106 cm³/mol. The van der Waals surface area contributed by atoms with Gasteiger partial charge in [-0.25, -0.2) is 9.78 Å². The predicted octanol–water partition coefficient (Wildman–Crippen LogP) is 1.80. The molecule has 2 heterocycles. The SMILES string of the molecule is CC(C)CCN(CCC(C)C)OCc1nc2c(c(=O)n(C)c(=O)n2C)n1C. The Morgan fingerprint density at radius 3 is 2.00 bits per heavy atom. The number of aryl methyl sites for hydroxylation is 2. The van der Waals surface area contributed by atoms with E-state index in [-0.39, 0.29) is 17.9 Å². The summed E-state index contributed by atoms with van der Waals surface area (Å²) in [5.74, 6) is 1.83. The Morgan fingerprint density at radius 1 is 0.926 bits per heavy atom. The topological polar surface area (TPSA) is 74.3 Å².